The van der Waals surface area contributed by atoms with Crippen molar-refractivity contribution in [1.82, 2.24) is 15.6 Å². The summed E-state index contributed by atoms with van der Waals surface area (Å²) in [5.41, 5.74) is 0.598. The normalized spacial score (nSPS) is 19.9. The zero-order chi connectivity index (χ0) is 11.9. The summed E-state index contributed by atoms with van der Waals surface area (Å²) in [7, 11) is 0. The van der Waals surface area contributed by atoms with E-state index in [0.717, 1.165) is 26.2 Å². The number of ether oxygens (including phenoxy) is 1. The standard InChI is InChI=1S/C12H17N3O2/c16-12(10-2-1-4-13-8-10)15-5-3-11-9-17-7-6-14-11/h1-2,4,8,11,14H,3,5-7,9H2,(H,15,16). The summed E-state index contributed by atoms with van der Waals surface area (Å²) < 4.78 is 5.34. The fourth-order valence-electron chi connectivity index (χ4n) is 1.76. The van der Waals surface area contributed by atoms with Gasteiger partial charge in [-0.2, -0.15) is 0 Å². The van der Waals surface area contributed by atoms with E-state index in [9.17, 15) is 4.79 Å². The van der Waals surface area contributed by atoms with E-state index in [1.165, 1.54) is 0 Å². The smallest absolute Gasteiger partial charge is 0.252 e. The second-order valence-electron chi connectivity index (χ2n) is 4.01. The number of nitrogens with zero attached hydrogens (tertiary/aromatic N) is 1. The van der Waals surface area contributed by atoms with Gasteiger partial charge in [0.25, 0.3) is 5.91 Å². The minimum atomic E-state index is -0.0742. The maximum Gasteiger partial charge on any atom is 0.252 e. The first-order valence-electron chi connectivity index (χ1n) is 5.85. The Morgan fingerprint density at radius 3 is 3.29 bits per heavy atom. The van der Waals surface area contributed by atoms with E-state index in [1.807, 2.05) is 0 Å². The molecule has 1 aliphatic heterocycles. The summed E-state index contributed by atoms with van der Waals surface area (Å²) in [6, 6.07) is 3.85. The summed E-state index contributed by atoms with van der Waals surface area (Å²) in [6.07, 6.45) is 4.10. The number of aromatic nitrogens is 1. The first-order chi connectivity index (χ1) is 8.36. The van der Waals surface area contributed by atoms with Gasteiger partial charge in [-0.1, -0.05) is 0 Å². The zero-order valence-electron chi connectivity index (χ0n) is 9.69. The minimum absolute atomic E-state index is 0.0742. The SMILES string of the molecule is O=C(NCCC1COCCN1)c1cccnc1. The van der Waals surface area contributed by atoms with Crippen molar-refractivity contribution in [2.24, 2.45) is 0 Å². The number of carbonyl (C=O) groups is 1. The van der Waals surface area contributed by atoms with Crippen molar-refractivity contribution in [2.45, 2.75) is 12.5 Å². The van der Waals surface area contributed by atoms with Crippen molar-refractivity contribution in [3.63, 3.8) is 0 Å². The molecule has 0 aliphatic carbocycles. The number of pyridine rings is 1. The lowest BCUT2D eigenvalue weighted by molar-refractivity contribution is 0.0733. The molecule has 1 unspecified atom stereocenters. The molecule has 92 valence electrons. The highest BCUT2D eigenvalue weighted by Crippen LogP contribution is 1.98. The van der Waals surface area contributed by atoms with Crippen molar-refractivity contribution in [3.05, 3.63) is 30.1 Å². The number of rotatable bonds is 4. The Bertz CT molecular complexity index is 350. The molecule has 0 bridgehead atoms. The quantitative estimate of drug-likeness (QED) is 0.782. The maximum atomic E-state index is 11.7. The zero-order valence-corrected chi connectivity index (χ0v) is 9.69. The topological polar surface area (TPSA) is 63.2 Å². The van der Waals surface area contributed by atoms with Gasteiger partial charge in [0.15, 0.2) is 0 Å². The van der Waals surface area contributed by atoms with Gasteiger partial charge in [0.1, 0.15) is 0 Å². The molecular formula is C12H17N3O2. The first-order valence-corrected chi connectivity index (χ1v) is 5.85. The molecule has 1 aromatic heterocycles. The molecule has 0 aromatic carbocycles. The van der Waals surface area contributed by atoms with Crippen molar-refractivity contribution in [2.75, 3.05) is 26.3 Å². The van der Waals surface area contributed by atoms with Crippen LogP contribution >= 0.6 is 0 Å². The van der Waals surface area contributed by atoms with E-state index in [4.69, 9.17) is 4.74 Å². The predicted octanol–water partition coefficient (Wildman–Crippen LogP) is 0.190. The number of hydrogen-bond acceptors (Lipinski definition) is 4. The molecule has 5 nitrogen and oxygen atoms in total. The predicted molar refractivity (Wildman–Crippen MR) is 63.8 cm³/mol. The number of amides is 1. The molecule has 1 aliphatic rings. The molecule has 2 N–H and O–H groups in total. The van der Waals surface area contributed by atoms with Crippen LogP contribution in [0.5, 0.6) is 0 Å². The van der Waals surface area contributed by atoms with Gasteiger partial charge >= 0.3 is 0 Å². The third-order valence-electron chi connectivity index (χ3n) is 2.70. The Labute approximate surface area is 101 Å². The van der Waals surface area contributed by atoms with Gasteiger partial charge in [-0.15, -0.1) is 0 Å². The molecular weight excluding hydrogens is 218 g/mol. The second kappa shape index (κ2) is 6.32. The lowest BCUT2D eigenvalue weighted by Gasteiger charge is -2.23. The van der Waals surface area contributed by atoms with Crippen molar-refractivity contribution in [3.8, 4) is 0 Å². The Morgan fingerprint density at radius 1 is 1.65 bits per heavy atom. The molecule has 0 spiro atoms. The number of morpholine rings is 1. The molecule has 1 saturated heterocycles. The van der Waals surface area contributed by atoms with Crippen LogP contribution in [0.3, 0.4) is 0 Å². The summed E-state index contributed by atoms with van der Waals surface area (Å²) in [4.78, 5) is 15.6. The lowest BCUT2D eigenvalue weighted by atomic mass is 10.2. The van der Waals surface area contributed by atoms with Crippen LogP contribution in [0.1, 0.15) is 16.8 Å². The fraction of sp³-hybridized carbons (Fsp3) is 0.500. The van der Waals surface area contributed by atoms with Gasteiger partial charge in [-0.05, 0) is 18.6 Å². The third kappa shape index (κ3) is 3.80. The summed E-state index contributed by atoms with van der Waals surface area (Å²) >= 11 is 0. The van der Waals surface area contributed by atoms with Crippen LogP contribution in [-0.4, -0.2) is 43.2 Å². The van der Waals surface area contributed by atoms with Crippen LogP contribution in [0.2, 0.25) is 0 Å². The van der Waals surface area contributed by atoms with Crippen LogP contribution in [0.4, 0.5) is 0 Å². The van der Waals surface area contributed by atoms with Crippen molar-refractivity contribution >= 4 is 5.91 Å². The number of hydrogen-bond donors (Lipinski definition) is 2. The van der Waals surface area contributed by atoms with Gasteiger partial charge in [0.05, 0.1) is 18.8 Å². The van der Waals surface area contributed by atoms with Crippen LogP contribution in [0.15, 0.2) is 24.5 Å². The molecule has 1 fully saturated rings. The van der Waals surface area contributed by atoms with Crippen LogP contribution in [0, 0.1) is 0 Å². The van der Waals surface area contributed by atoms with Gasteiger partial charge in [0, 0.05) is 31.5 Å². The van der Waals surface area contributed by atoms with E-state index in [-0.39, 0.29) is 5.91 Å². The molecule has 0 radical (unpaired) electrons. The fourth-order valence-corrected chi connectivity index (χ4v) is 1.76. The lowest BCUT2D eigenvalue weighted by Crippen LogP contribution is -2.43. The molecule has 0 saturated carbocycles. The van der Waals surface area contributed by atoms with E-state index in [0.29, 0.717) is 18.2 Å². The molecule has 2 rings (SSSR count). The number of nitrogens with one attached hydrogen (secondary N) is 2. The Balaban J connectivity index is 1.69. The minimum Gasteiger partial charge on any atom is -0.379 e. The van der Waals surface area contributed by atoms with E-state index >= 15 is 0 Å². The largest absolute Gasteiger partial charge is 0.379 e. The van der Waals surface area contributed by atoms with Gasteiger partial charge in [-0.3, -0.25) is 9.78 Å². The molecule has 1 aromatic rings. The van der Waals surface area contributed by atoms with Gasteiger partial charge < -0.3 is 15.4 Å². The Hall–Kier alpha value is -1.46. The average Bonchev–Trinajstić information content (AvgIpc) is 2.41. The third-order valence-corrected chi connectivity index (χ3v) is 2.70. The van der Waals surface area contributed by atoms with Crippen molar-refractivity contribution < 1.29 is 9.53 Å². The van der Waals surface area contributed by atoms with E-state index in [2.05, 4.69) is 15.6 Å². The highest BCUT2D eigenvalue weighted by molar-refractivity contribution is 5.93. The van der Waals surface area contributed by atoms with E-state index in [1.54, 1.807) is 24.5 Å². The first kappa shape index (κ1) is 12.0. The second-order valence-corrected chi connectivity index (χ2v) is 4.01. The van der Waals surface area contributed by atoms with Gasteiger partial charge in [-0.25, -0.2) is 0 Å². The number of carbonyl (C=O) groups excluding carboxylic acids is 1. The summed E-state index contributed by atoms with van der Waals surface area (Å²) in [5, 5.41) is 6.22. The highest BCUT2D eigenvalue weighted by Gasteiger charge is 2.13. The Kier molecular flexibility index (Phi) is 4.46. The summed E-state index contributed by atoms with van der Waals surface area (Å²) in [5.74, 6) is -0.0742. The molecule has 17 heavy (non-hydrogen) atoms. The molecule has 1 atom stereocenters. The van der Waals surface area contributed by atoms with E-state index < -0.39 is 0 Å². The Morgan fingerprint density at radius 2 is 2.59 bits per heavy atom. The van der Waals surface area contributed by atoms with Crippen LogP contribution in [0.25, 0.3) is 0 Å². The van der Waals surface area contributed by atoms with Crippen LogP contribution < -0.4 is 10.6 Å². The highest BCUT2D eigenvalue weighted by atomic mass is 16.5. The average molecular weight is 235 g/mol. The van der Waals surface area contributed by atoms with Crippen LogP contribution in [-0.2, 0) is 4.74 Å². The molecule has 5 heteroatoms. The van der Waals surface area contributed by atoms with Gasteiger partial charge in [0.2, 0.25) is 0 Å². The maximum absolute atomic E-state index is 11.7. The summed E-state index contributed by atoms with van der Waals surface area (Å²) in [6.45, 7) is 3.04. The molecule has 2 heterocycles. The monoisotopic (exact) mass is 235 g/mol. The molecule has 1 amide bonds. The van der Waals surface area contributed by atoms with Crippen molar-refractivity contribution in [1.29, 1.82) is 0 Å².